The Morgan fingerprint density at radius 1 is 0.875 bits per heavy atom. The molecular weight excluding hydrogens is 396 g/mol. The van der Waals surface area contributed by atoms with Crippen molar-refractivity contribution in [2.24, 2.45) is 29.6 Å². The van der Waals surface area contributed by atoms with E-state index in [1.165, 1.54) is 44.1 Å². The predicted octanol–water partition coefficient (Wildman–Crippen LogP) is 5.24. The fourth-order valence-corrected chi connectivity index (χ4v) is 6.80. The topological polar surface area (TPSA) is 40.6 Å². The molecule has 2 aliphatic heterocycles. The van der Waals surface area contributed by atoms with Gasteiger partial charge in [-0.25, -0.2) is 0 Å². The quantitative estimate of drug-likeness (QED) is 0.542. The number of hydrogen-bond donors (Lipinski definition) is 0. The van der Waals surface area contributed by atoms with Gasteiger partial charge in [0.15, 0.2) is 5.78 Å². The number of piperidine rings is 1. The second kappa shape index (κ2) is 11.1. The molecule has 3 fully saturated rings. The molecule has 0 aromatic rings. The maximum absolute atomic E-state index is 12.9. The van der Waals surface area contributed by atoms with Crippen molar-refractivity contribution in [2.75, 3.05) is 32.7 Å². The van der Waals surface area contributed by atoms with Gasteiger partial charge in [0.1, 0.15) is 5.78 Å². The van der Waals surface area contributed by atoms with Crippen LogP contribution in [-0.2, 0) is 9.59 Å². The van der Waals surface area contributed by atoms with E-state index in [1.54, 1.807) is 0 Å². The SMILES string of the molecule is CC1=CN(CC(=O)C2CCC(C3CCC(C(=O)CN4CCCC(C)C4)CC3)CC2)CC=C1. The molecular formula is C28H44N2O2. The molecule has 0 aromatic heterocycles. The van der Waals surface area contributed by atoms with Crippen molar-refractivity contribution in [2.45, 2.75) is 78.1 Å². The average molecular weight is 441 g/mol. The molecule has 0 aromatic carbocycles. The Morgan fingerprint density at radius 3 is 2.03 bits per heavy atom. The van der Waals surface area contributed by atoms with Gasteiger partial charge in [-0.15, -0.1) is 0 Å². The largest absolute Gasteiger partial charge is 0.366 e. The van der Waals surface area contributed by atoms with Crippen molar-refractivity contribution in [1.82, 2.24) is 9.80 Å². The number of rotatable bonds is 7. The zero-order valence-electron chi connectivity index (χ0n) is 20.4. The minimum Gasteiger partial charge on any atom is -0.366 e. The van der Waals surface area contributed by atoms with Gasteiger partial charge in [0.05, 0.1) is 13.1 Å². The normalized spacial score (nSPS) is 34.2. The van der Waals surface area contributed by atoms with E-state index in [0.717, 1.165) is 63.1 Å². The van der Waals surface area contributed by atoms with Crippen LogP contribution in [0.1, 0.15) is 78.1 Å². The molecule has 2 heterocycles. The van der Waals surface area contributed by atoms with Crippen molar-refractivity contribution in [1.29, 1.82) is 0 Å². The van der Waals surface area contributed by atoms with Gasteiger partial charge in [0, 0.05) is 31.1 Å². The smallest absolute Gasteiger partial charge is 0.155 e. The van der Waals surface area contributed by atoms with Crippen LogP contribution in [0, 0.1) is 29.6 Å². The van der Waals surface area contributed by atoms with Crippen LogP contribution >= 0.6 is 0 Å². The Kier molecular flexibility index (Phi) is 8.26. The van der Waals surface area contributed by atoms with Crippen LogP contribution in [0.2, 0.25) is 0 Å². The third-order valence-electron chi connectivity index (χ3n) is 8.71. The molecule has 1 unspecified atom stereocenters. The second-order valence-electron chi connectivity index (χ2n) is 11.3. The predicted molar refractivity (Wildman–Crippen MR) is 130 cm³/mol. The summed E-state index contributed by atoms with van der Waals surface area (Å²) >= 11 is 0. The molecule has 32 heavy (non-hydrogen) atoms. The monoisotopic (exact) mass is 440 g/mol. The van der Waals surface area contributed by atoms with Crippen LogP contribution in [0.15, 0.2) is 23.9 Å². The Balaban J connectivity index is 1.16. The molecule has 2 saturated carbocycles. The highest BCUT2D eigenvalue weighted by molar-refractivity contribution is 5.83. The third-order valence-corrected chi connectivity index (χ3v) is 8.71. The molecule has 0 radical (unpaired) electrons. The van der Waals surface area contributed by atoms with Crippen LogP contribution < -0.4 is 0 Å². The summed E-state index contributed by atoms with van der Waals surface area (Å²) in [6.07, 6.45) is 18.2. The number of carbonyl (C=O) groups is 2. The van der Waals surface area contributed by atoms with E-state index in [9.17, 15) is 9.59 Å². The van der Waals surface area contributed by atoms with Crippen molar-refractivity contribution >= 4 is 11.6 Å². The van der Waals surface area contributed by atoms with Crippen LogP contribution in [0.25, 0.3) is 0 Å². The van der Waals surface area contributed by atoms with E-state index in [1.807, 2.05) is 0 Å². The fraction of sp³-hybridized carbons (Fsp3) is 0.786. The van der Waals surface area contributed by atoms with E-state index < -0.39 is 0 Å². The van der Waals surface area contributed by atoms with Crippen LogP contribution in [0.4, 0.5) is 0 Å². The Morgan fingerprint density at radius 2 is 1.47 bits per heavy atom. The first-order chi connectivity index (χ1) is 15.5. The maximum Gasteiger partial charge on any atom is 0.155 e. The van der Waals surface area contributed by atoms with E-state index in [0.29, 0.717) is 30.6 Å². The molecule has 178 valence electrons. The lowest BCUT2D eigenvalue weighted by Crippen LogP contribution is -2.40. The molecule has 4 nitrogen and oxygen atoms in total. The highest BCUT2D eigenvalue weighted by Crippen LogP contribution is 2.42. The number of hydrogen-bond acceptors (Lipinski definition) is 4. The minimum atomic E-state index is 0.260. The number of ketones is 2. The summed E-state index contributed by atoms with van der Waals surface area (Å²) in [5.41, 5.74) is 1.23. The van der Waals surface area contributed by atoms with Crippen molar-refractivity contribution in [3.05, 3.63) is 23.9 Å². The molecule has 0 bridgehead atoms. The lowest BCUT2D eigenvalue weighted by Gasteiger charge is -2.38. The molecule has 0 amide bonds. The average Bonchev–Trinajstić information content (AvgIpc) is 2.79. The van der Waals surface area contributed by atoms with Crippen molar-refractivity contribution in [3.63, 3.8) is 0 Å². The molecule has 4 rings (SSSR count). The van der Waals surface area contributed by atoms with Crippen LogP contribution in [0.5, 0.6) is 0 Å². The van der Waals surface area contributed by atoms with Gasteiger partial charge in [-0.3, -0.25) is 14.5 Å². The highest BCUT2D eigenvalue weighted by atomic mass is 16.1. The molecule has 1 atom stereocenters. The van der Waals surface area contributed by atoms with Gasteiger partial charge in [-0.2, -0.15) is 0 Å². The number of carbonyl (C=O) groups excluding carboxylic acids is 2. The summed E-state index contributed by atoms with van der Waals surface area (Å²) in [6, 6.07) is 0. The van der Waals surface area contributed by atoms with Gasteiger partial charge in [0.25, 0.3) is 0 Å². The molecule has 4 aliphatic rings. The Hall–Kier alpha value is -1.42. The second-order valence-corrected chi connectivity index (χ2v) is 11.3. The lowest BCUT2D eigenvalue weighted by atomic mass is 9.68. The van der Waals surface area contributed by atoms with E-state index in [-0.39, 0.29) is 5.92 Å². The first-order valence-electron chi connectivity index (χ1n) is 13.3. The van der Waals surface area contributed by atoms with E-state index in [2.05, 4.69) is 42.0 Å². The Bertz CT molecular complexity index is 711. The molecule has 2 aliphatic carbocycles. The van der Waals surface area contributed by atoms with Gasteiger partial charge in [0.2, 0.25) is 0 Å². The van der Waals surface area contributed by atoms with Gasteiger partial charge in [-0.1, -0.05) is 19.1 Å². The third kappa shape index (κ3) is 6.34. The van der Waals surface area contributed by atoms with Crippen molar-refractivity contribution < 1.29 is 9.59 Å². The van der Waals surface area contributed by atoms with Gasteiger partial charge in [-0.05, 0) is 101 Å². The number of Topliss-reactive ketones (excluding diaryl/α,β-unsaturated/α-hetero) is 2. The lowest BCUT2D eigenvalue weighted by molar-refractivity contribution is -0.127. The number of allylic oxidation sites excluding steroid dienone is 2. The highest BCUT2D eigenvalue weighted by Gasteiger charge is 2.35. The standard InChI is InChI=1S/C28H44N2O2/c1-21-5-3-15-29(17-21)19-27(31)25-11-7-23(8-12-25)24-9-13-26(14-10-24)28(32)20-30-16-4-6-22(2)18-30/h3,5,17,22-26H,4,6-16,18-20H2,1-2H3. The van der Waals surface area contributed by atoms with Crippen LogP contribution in [-0.4, -0.2) is 54.1 Å². The van der Waals surface area contributed by atoms with Crippen molar-refractivity contribution in [3.8, 4) is 0 Å². The van der Waals surface area contributed by atoms with Gasteiger partial charge >= 0.3 is 0 Å². The van der Waals surface area contributed by atoms with Gasteiger partial charge < -0.3 is 4.90 Å². The summed E-state index contributed by atoms with van der Waals surface area (Å²) < 4.78 is 0. The molecule has 1 saturated heterocycles. The Labute approximate surface area is 195 Å². The summed E-state index contributed by atoms with van der Waals surface area (Å²) in [5.74, 6) is 3.80. The van der Waals surface area contributed by atoms with E-state index in [4.69, 9.17) is 0 Å². The van der Waals surface area contributed by atoms with E-state index >= 15 is 0 Å². The fourth-order valence-electron chi connectivity index (χ4n) is 6.80. The molecule has 0 N–H and O–H groups in total. The summed E-state index contributed by atoms with van der Waals surface area (Å²) in [4.78, 5) is 30.2. The summed E-state index contributed by atoms with van der Waals surface area (Å²) in [6.45, 7) is 8.73. The number of likely N-dealkylation sites (tertiary alicyclic amines) is 1. The first-order valence-corrected chi connectivity index (χ1v) is 13.3. The van der Waals surface area contributed by atoms with Crippen LogP contribution in [0.3, 0.4) is 0 Å². The summed E-state index contributed by atoms with van der Waals surface area (Å²) in [5, 5.41) is 0. The number of nitrogens with zero attached hydrogens (tertiary/aromatic N) is 2. The zero-order chi connectivity index (χ0) is 22.5. The maximum atomic E-state index is 12.9. The molecule has 0 spiro atoms. The minimum absolute atomic E-state index is 0.260. The zero-order valence-corrected chi connectivity index (χ0v) is 20.4. The molecule has 4 heteroatoms. The summed E-state index contributed by atoms with van der Waals surface area (Å²) in [7, 11) is 0. The first kappa shape index (κ1) is 23.7.